The second-order valence-electron chi connectivity index (χ2n) is 3.11. The Morgan fingerprint density at radius 1 is 1.50 bits per heavy atom. The minimum Gasteiger partial charge on any atom is -0.504 e. The molecule has 0 atom stereocenters. The summed E-state index contributed by atoms with van der Waals surface area (Å²) in [6, 6.07) is 0. The van der Waals surface area contributed by atoms with Crippen molar-refractivity contribution >= 4 is 0 Å². The van der Waals surface area contributed by atoms with Crippen molar-refractivity contribution in [1.29, 1.82) is 0 Å². The molecule has 1 rings (SSSR count). The summed E-state index contributed by atoms with van der Waals surface area (Å²) < 4.78 is 1.72. The van der Waals surface area contributed by atoms with Crippen LogP contribution < -0.4 is 0 Å². The summed E-state index contributed by atoms with van der Waals surface area (Å²) in [4.78, 5) is 0. The van der Waals surface area contributed by atoms with E-state index in [1.54, 1.807) is 4.68 Å². The third-order valence-corrected chi connectivity index (χ3v) is 2.14. The van der Waals surface area contributed by atoms with Crippen LogP contribution in [-0.2, 0) is 13.5 Å². The molecule has 68 valence electrons. The van der Waals surface area contributed by atoms with Crippen molar-refractivity contribution in [1.82, 2.24) is 9.78 Å². The summed E-state index contributed by atoms with van der Waals surface area (Å²) in [6.45, 7) is 4.00. The van der Waals surface area contributed by atoms with Crippen LogP contribution in [0.4, 0.5) is 0 Å². The highest BCUT2D eigenvalue weighted by molar-refractivity contribution is 5.30. The Labute approximate surface area is 73.0 Å². The average Bonchev–Trinajstić information content (AvgIpc) is 2.30. The predicted molar refractivity (Wildman–Crippen MR) is 48.2 cm³/mol. The van der Waals surface area contributed by atoms with Crippen LogP contribution in [0, 0.1) is 6.92 Å². The second-order valence-corrected chi connectivity index (χ2v) is 3.11. The van der Waals surface area contributed by atoms with Gasteiger partial charge in [-0.25, -0.2) is 0 Å². The third-order valence-electron chi connectivity index (χ3n) is 2.14. The third kappa shape index (κ3) is 1.60. The largest absolute Gasteiger partial charge is 0.504 e. The number of rotatable bonds is 3. The normalized spacial score (nSPS) is 10.6. The maximum absolute atomic E-state index is 9.56. The van der Waals surface area contributed by atoms with Crippen LogP contribution in [0.3, 0.4) is 0 Å². The van der Waals surface area contributed by atoms with Crippen molar-refractivity contribution in [2.45, 2.75) is 33.1 Å². The van der Waals surface area contributed by atoms with E-state index in [0.29, 0.717) is 5.75 Å². The van der Waals surface area contributed by atoms with Crippen LogP contribution in [0.1, 0.15) is 31.2 Å². The molecular formula is C9H16N2O. The van der Waals surface area contributed by atoms with Gasteiger partial charge in [-0.15, -0.1) is 0 Å². The highest BCUT2D eigenvalue weighted by atomic mass is 16.3. The topological polar surface area (TPSA) is 38.0 Å². The molecule has 1 N–H and O–H groups in total. The lowest BCUT2D eigenvalue weighted by molar-refractivity contribution is 0.462. The van der Waals surface area contributed by atoms with Crippen molar-refractivity contribution in [3.05, 3.63) is 11.4 Å². The molecule has 0 aliphatic carbocycles. The molecule has 1 heterocycles. The van der Waals surface area contributed by atoms with Crippen LogP contribution in [-0.4, -0.2) is 14.9 Å². The van der Waals surface area contributed by atoms with E-state index in [1.165, 1.54) is 0 Å². The van der Waals surface area contributed by atoms with Gasteiger partial charge in [-0.05, 0) is 19.8 Å². The first-order chi connectivity index (χ1) is 5.66. The number of aromatic hydroxyl groups is 1. The first kappa shape index (κ1) is 9.10. The maximum atomic E-state index is 9.56. The summed E-state index contributed by atoms with van der Waals surface area (Å²) in [5, 5.41) is 13.8. The van der Waals surface area contributed by atoms with Gasteiger partial charge >= 0.3 is 0 Å². The number of hydrogen-bond donors (Lipinski definition) is 1. The fourth-order valence-electron chi connectivity index (χ4n) is 1.18. The summed E-state index contributed by atoms with van der Waals surface area (Å²) in [6.07, 6.45) is 3.10. The zero-order valence-corrected chi connectivity index (χ0v) is 7.96. The molecule has 0 aliphatic rings. The van der Waals surface area contributed by atoms with E-state index >= 15 is 0 Å². The molecule has 12 heavy (non-hydrogen) atoms. The minimum absolute atomic E-state index is 0.367. The van der Waals surface area contributed by atoms with Gasteiger partial charge in [0.25, 0.3) is 0 Å². The van der Waals surface area contributed by atoms with E-state index in [-0.39, 0.29) is 0 Å². The number of hydrogen-bond acceptors (Lipinski definition) is 2. The van der Waals surface area contributed by atoms with E-state index in [2.05, 4.69) is 12.0 Å². The van der Waals surface area contributed by atoms with Crippen LogP contribution in [0.15, 0.2) is 0 Å². The van der Waals surface area contributed by atoms with Gasteiger partial charge in [-0.3, -0.25) is 4.68 Å². The second kappa shape index (κ2) is 3.61. The zero-order chi connectivity index (χ0) is 9.14. The first-order valence-electron chi connectivity index (χ1n) is 4.38. The number of aryl methyl sites for hydroxylation is 2. The van der Waals surface area contributed by atoms with Crippen LogP contribution in [0.2, 0.25) is 0 Å². The molecule has 0 aromatic carbocycles. The van der Waals surface area contributed by atoms with Crippen LogP contribution in [0.5, 0.6) is 5.75 Å². The SMILES string of the molecule is CCCCc1nn(C)c(C)c1O. The molecule has 0 saturated heterocycles. The number of aromatic nitrogens is 2. The number of unbranched alkanes of at least 4 members (excludes halogenated alkanes) is 1. The van der Waals surface area contributed by atoms with Crippen molar-refractivity contribution in [3.8, 4) is 5.75 Å². The molecule has 0 amide bonds. The zero-order valence-electron chi connectivity index (χ0n) is 7.96. The van der Waals surface area contributed by atoms with E-state index in [1.807, 2.05) is 14.0 Å². The molecule has 0 fully saturated rings. The Morgan fingerprint density at radius 2 is 2.17 bits per heavy atom. The van der Waals surface area contributed by atoms with Crippen LogP contribution >= 0.6 is 0 Å². The maximum Gasteiger partial charge on any atom is 0.159 e. The molecule has 0 bridgehead atoms. The summed E-state index contributed by atoms with van der Waals surface area (Å²) in [7, 11) is 1.85. The van der Waals surface area contributed by atoms with E-state index < -0.39 is 0 Å². The Hall–Kier alpha value is -0.990. The first-order valence-corrected chi connectivity index (χ1v) is 4.38. The molecule has 0 radical (unpaired) electrons. The lowest BCUT2D eigenvalue weighted by Gasteiger charge is -1.93. The van der Waals surface area contributed by atoms with Crippen molar-refractivity contribution in [3.63, 3.8) is 0 Å². The Kier molecular flexibility index (Phi) is 2.74. The van der Waals surface area contributed by atoms with E-state index in [9.17, 15) is 5.11 Å². The van der Waals surface area contributed by atoms with Gasteiger partial charge in [0.15, 0.2) is 5.75 Å². The quantitative estimate of drug-likeness (QED) is 0.747. The monoisotopic (exact) mass is 168 g/mol. The van der Waals surface area contributed by atoms with Crippen molar-refractivity contribution in [2.75, 3.05) is 0 Å². The lowest BCUT2D eigenvalue weighted by atomic mass is 10.2. The summed E-state index contributed by atoms with van der Waals surface area (Å²) in [5.41, 5.74) is 1.68. The van der Waals surface area contributed by atoms with Gasteiger partial charge in [0, 0.05) is 7.05 Å². The Morgan fingerprint density at radius 3 is 2.58 bits per heavy atom. The highest BCUT2D eigenvalue weighted by Crippen LogP contribution is 2.21. The van der Waals surface area contributed by atoms with Gasteiger partial charge in [-0.2, -0.15) is 5.10 Å². The lowest BCUT2D eigenvalue weighted by Crippen LogP contribution is -1.93. The molecule has 1 aromatic rings. The molecule has 1 aromatic heterocycles. The Balaban J connectivity index is 2.79. The molecule has 3 heteroatoms. The molecule has 3 nitrogen and oxygen atoms in total. The van der Waals surface area contributed by atoms with Gasteiger partial charge in [0.05, 0.1) is 5.69 Å². The van der Waals surface area contributed by atoms with Crippen molar-refractivity contribution < 1.29 is 5.11 Å². The van der Waals surface area contributed by atoms with Gasteiger partial charge in [-0.1, -0.05) is 13.3 Å². The van der Waals surface area contributed by atoms with Gasteiger partial charge in [0.1, 0.15) is 5.69 Å². The summed E-state index contributed by atoms with van der Waals surface area (Å²) in [5.74, 6) is 0.367. The smallest absolute Gasteiger partial charge is 0.159 e. The summed E-state index contributed by atoms with van der Waals surface area (Å²) >= 11 is 0. The fourth-order valence-corrected chi connectivity index (χ4v) is 1.18. The predicted octanol–water partition coefficient (Wildman–Crippen LogP) is 1.78. The Bertz CT molecular complexity index is 266. The van der Waals surface area contributed by atoms with E-state index in [0.717, 1.165) is 30.7 Å². The standard InChI is InChI=1S/C9H16N2O/c1-4-5-6-8-9(12)7(2)11(3)10-8/h12H,4-6H2,1-3H3. The van der Waals surface area contributed by atoms with Crippen molar-refractivity contribution in [2.24, 2.45) is 7.05 Å². The molecular weight excluding hydrogens is 152 g/mol. The van der Waals surface area contributed by atoms with E-state index in [4.69, 9.17) is 0 Å². The molecule has 0 aliphatic heterocycles. The highest BCUT2D eigenvalue weighted by Gasteiger charge is 2.09. The average molecular weight is 168 g/mol. The van der Waals surface area contributed by atoms with Gasteiger partial charge in [0.2, 0.25) is 0 Å². The van der Waals surface area contributed by atoms with Crippen LogP contribution in [0.25, 0.3) is 0 Å². The number of nitrogens with zero attached hydrogens (tertiary/aromatic N) is 2. The molecule has 0 spiro atoms. The van der Waals surface area contributed by atoms with Gasteiger partial charge < -0.3 is 5.11 Å². The molecule has 0 saturated carbocycles. The minimum atomic E-state index is 0.367. The fraction of sp³-hybridized carbons (Fsp3) is 0.667. The molecule has 0 unspecified atom stereocenters.